The first-order valence-electron chi connectivity index (χ1n) is 8.17. The topological polar surface area (TPSA) is 110 Å². The summed E-state index contributed by atoms with van der Waals surface area (Å²) in [6.07, 6.45) is 7.01. The number of nitrogen functional groups attached to an aromatic ring is 1. The molecule has 0 saturated heterocycles. The van der Waals surface area contributed by atoms with Crippen molar-refractivity contribution in [3.05, 3.63) is 66.9 Å². The third kappa shape index (κ3) is 2.30. The molecule has 0 radical (unpaired) electrons. The lowest BCUT2D eigenvalue weighted by molar-refractivity contribution is 0.958. The van der Waals surface area contributed by atoms with Gasteiger partial charge in [0.2, 0.25) is 0 Å². The zero-order chi connectivity index (χ0) is 18.4. The van der Waals surface area contributed by atoms with Crippen LogP contribution < -0.4 is 5.73 Å². The summed E-state index contributed by atoms with van der Waals surface area (Å²) in [4.78, 5) is 13.1. The Bertz CT molecular complexity index is 1360. The molecule has 0 spiro atoms. The van der Waals surface area contributed by atoms with E-state index in [1.165, 1.54) is 6.33 Å². The fourth-order valence-corrected chi connectivity index (χ4v) is 3.16. The molecule has 4 aromatic heterocycles. The third-order valence-electron chi connectivity index (χ3n) is 4.37. The summed E-state index contributed by atoms with van der Waals surface area (Å²) in [5.41, 5.74) is 11.0. The van der Waals surface area contributed by atoms with Gasteiger partial charge in [0.1, 0.15) is 17.7 Å². The van der Waals surface area contributed by atoms with Crippen LogP contribution in [0.25, 0.3) is 33.8 Å². The lowest BCUT2D eigenvalue weighted by atomic mass is 10.0. The van der Waals surface area contributed by atoms with E-state index in [1.54, 1.807) is 22.8 Å². The van der Waals surface area contributed by atoms with Crippen LogP contribution in [0.15, 0.2) is 61.3 Å². The molecule has 0 bridgehead atoms. The molecular weight excluding hydrogens is 340 g/mol. The summed E-state index contributed by atoms with van der Waals surface area (Å²) in [7, 11) is 0. The Hall–Kier alpha value is -4.25. The Kier molecular flexibility index (Phi) is 3.14. The molecule has 1 aromatic carbocycles. The van der Waals surface area contributed by atoms with E-state index in [0.29, 0.717) is 16.9 Å². The van der Waals surface area contributed by atoms with Crippen LogP contribution in [0.2, 0.25) is 0 Å². The van der Waals surface area contributed by atoms with Gasteiger partial charge in [0.15, 0.2) is 11.5 Å². The smallest absolute Gasteiger partial charge is 0.198 e. The van der Waals surface area contributed by atoms with Gasteiger partial charge in [0.05, 0.1) is 17.3 Å². The van der Waals surface area contributed by atoms with Crippen LogP contribution in [0.3, 0.4) is 0 Å². The van der Waals surface area contributed by atoms with Gasteiger partial charge < -0.3 is 10.1 Å². The van der Waals surface area contributed by atoms with Crippen molar-refractivity contribution in [2.75, 3.05) is 5.73 Å². The van der Waals surface area contributed by atoms with Crippen LogP contribution >= 0.6 is 0 Å². The summed E-state index contributed by atoms with van der Waals surface area (Å²) in [5.74, 6) is 0.275. The van der Waals surface area contributed by atoms with Crippen LogP contribution in [0.4, 0.5) is 5.82 Å². The van der Waals surface area contributed by atoms with Crippen molar-refractivity contribution >= 4 is 17.1 Å². The van der Waals surface area contributed by atoms with Gasteiger partial charge >= 0.3 is 0 Å². The van der Waals surface area contributed by atoms with E-state index in [-0.39, 0.29) is 5.82 Å². The van der Waals surface area contributed by atoms with E-state index in [9.17, 15) is 5.26 Å². The second kappa shape index (κ2) is 5.64. The van der Waals surface area contributed by atoms with Crippen molar-refractivity contribution < 1.29 is 0 Å². The van der Waals surface area contributed by atoms with Gasteiger partial charge in [-0.05, 0) is 24.3 Å². The van der Waals surface area contributed by atoms with Gasteiger partial charge in [-0.15, -0.1) is 0 Å². The zero-order valence-corrected chi connectivity index (χ0v) is 14.0. The van der Waals surface area contributed by atoms with Crippen molar-refractivity contribution in [1.29, 1.82) is 5.26 Å². The highest BCUT2D eigenvalue weighted by molar-refractivity contribution is 5.83. The number of aromatic nitrogens is 6. The first kappa shape index (κ1) is 15.0. The van der Waals surface area contributed by atoms with E-state index >= 15 is 0 Å². The van der Waals surface area contributed by atoms with Gasteiger partial charge in [-0.1, -0.05) is 12.1 Å². The summed E-state index contributed by atoms with van der Waals surface area (Å²) in [6.45, 7) is 0. The van der Waals surface area contributed by atoms with Crippen LogP contribution in [0.1, 0.15) is 5.56 Å². The lowest BCUT2D eigenvalue weighted by Crippen LogP contribution is -2.05. The molecule has 2 N–H and O–H groups in total. The van der Waals surface area contributed by atoms with E-state index in [2.05, 4.69) is 26.1 Å². The first-order chi connectivity index (χ1) is 13.2. The van der Waals surface area contributed by atoms with Crippen molar-refractivity contribution in [2.24, 2.45) is 0 Å². The predicted molar refractivity (Wildman–Crippen MR) is 99.5 cm³/mol. The van der Waals surface area contributed by atoms with Crippen LogP contribution in [-0.4, -0.2) is 29.0 Å². The van der Waals surface area contributed by atoms with Crippen molar-refractivity contribution in [3.8, 4) is 28.6 Å². The van der Waals surface area contributed by atoms with Gasteiger partial charge in [-0.2, -0.15) is 10.4 Å². The molecule has 0 aliphatic rings. The van der Waals surface area contributed by atoms with E-state index in [1.807, 2.05) is 41.1 Å². The molecule has 4 heterocycles. The molecule has 5 rings (SSSR count). The number of hydrogen-bond donors (Lipinski definition) is 1. The Labute approximate surface area is 153 Å². The Morgan fingerprint density at radius 2 is 2.00 bits per heavy atom. The lowest BCUT2D eigenvalue weighted by Gasteiger charge is -2.13. The molecule has 8 heteroatoms. The van der Waals surface area contributed by atoms with E-state index in [4.69, 9.17) is 5.73 Å². The van der Waals surface area contributed by atoms with Gasteiger partial charge in [-0.25, -0.2) is 19.5 Å². The number of nitriles is 1. The van der Waals surface area contributed by atoms with Crippen LogP contribution in [-0.2, 0) is 0 Å². The number of fused-ring (bicyclic) bond motifs is 2. The number of benzene rings is 1. The summed E-state index contributed by atoms with van der Waals surface area (Å²) in [6, 6.07) is 13.3. The number of anilines is 1. The quantitative estimate of drug-likeness (QED) is 0.523. The minimum Gasteiger partial charge on any atom is -0.381 e. The Morgan fingerprint density at radius 3 is 2.89 bits per heavy atom. The zero-order valence-electron chi connectivity index (χ0n) is 14.0. The normalized spacial score (nSPS) is 11.1. The van der Waals surface area contributed by atoms with E-state index < -0.39 is 0 Å². The molecule has 0 fully saturated rings. The van der Waals surface area contributed by atoms with Crippen molar-refractivity contribution in [2.45, 2.75) is 0 Å². The standard InChI is InChI=1S/C19H12N8/c20-9-12-2-1-3-13(8-12)16-17(27-19(18(21)25-16)23-11-24-27)14-4-5-15-22-6-7-26(15)10-14/h1-8,10-11H,(H2,21,25). The summed E-state index contributed by atoms with van der Waals surface area (Å²) >= 11 is 0. The van der Waals surface area contributed by atoms with Gasteiger partial charge in [0.25, 0.3) is 0 Å². The molecular formula is C19H12N8. The SMILES string of the molecule is N#Cc1cccc(-c2nc(N)c3ncnn3c2-c2ccc3nccn3c2)c1. The number of imidazole rings is 1. The van der Waals surface area contributed by atoms with Gasteiger partial charge in [-0.3, -0.25) is 0 Å². The molecule has 0 unspecified atom stereocenters. The van der Waals surface area contributed by atoms with Gasteiger partial charge in [0, 0.05) is 29.7 Å². The maximum Gasteiger partial charge on any atom is 0.198 e. The fourth-order valence-electron chi connectivity index (χ4n) is 3.16. The van der Waals surface area contributed by atoms with E-state index in [0.717, 1.165) is 22.5 Å². The van der Waals surface area contributed by atoms with Crippen LogP contribution in [0, 0.1) is 11.3 Å². The second-order valence-corrected chi connectivity index (χ2v) is 5.99. The monoisotopic (exact) mass is 352 g/mol. The number of hydrogen-bond acceptors (Lipinski definition) is 6. The largest absolute Gasteiger partial charge is 0.381 e. The minimum atomic E-state index is 0.275. The molecule has 5 aromatic rings. The van der Waals surface area contributed by atoms with Crippen molar-refractivity contribution in [1.82, 2.24) is 29.0 Å². The molecule has 0 aliphatic heterocycles. The number of nitrogens with two attached hydrogens (primary N) is 1. The highest BCUT2D eigenvalue weighted by atomic mass is 15.3. The third-order valence-corrected chi connectivity index (χ3v) is 4.37. The second-order valence-electron chi connectivity index (χ2n) is 5.99. The van der Waals surface area contributed by atoms with Crippen LogP contribution in [0.5, 0.6) is 0 Å². The summed E-state index contributed by atoms with van der Waals surface area (Å²) in [5, 5.41) is 13.6. The Balaban J connectivity index is 1.87. The maximum absolute atomic E-state index is 9.25. The predicted octanol–water partition coefficient (Wildman–Crippen LogP) is 2.56. The molecule has 27 heavy (non-hydrogen) atoms. The highest BCUT2D eigenvalue weighted by Crippen LogP contribution is 2.32. The molecule has 128 valence electrons. The average Bonchev–Trinajstić information content (AvgIpc) is 3.37. The number of rotatable bonds is 2. The molecule has 0 amide bonds. The average molecular weight is 352 g/mol. The molecule has 8 nitrogen and oxygen atoms in total. The molecule has 0 saturated carbocycles. The number of nitrogens with zero attached hydrogens (tertiary/aromatic N) is 7. The summed E-state index contributed by atoms with van der Waals surface area (Å²) < 4.78 is 3.60. The first-order valence-corrected chi connectivity index (χ1v) is 8.17. The molecule has 0 atom stereocenters. The highest BCUT2D eigenvalue weighted by Gasteiger charge is 2.18. The van der Waals surface area contributed by atoms with Crippen molar-refractivity contribution in [3.63, 3.8) is 0 Å². The fraction of sp³-hybridized carbons (Fsp3) is 0. The Morgan fingerprint density at radius 1 is 1.07 bits per heavy atom. The minimum absolute atomic E-state index is 0.275. The molecule has 0 aliphatic carbocycles. The number of pyridine rings is 1. The maximum atomic E-state index is 9.25.